The predicted octanol–water partition coefficient (Wildman–Crippen LogP) is 5.05. The van der Waals surface area contributed by atoms with Crippen LogP contribution in [0.25, 0.3) is 11.8 Å². The van der Waals surface area contributed by atoms with Crippen molar-refractivity contribution in [1.29, 1.82) is 5.26 Å². The zero-order valence-electron chi connectivity index (χ0n) is 16.2. The summed E-state index contributed by atoms with van der Waals surface area (Å²) in [4.78, 5) is 12.5. The van der Waals surface area contributed by atoms with Crippen molar-refractivity contribution < 1.29 is 18.0 Å². The van der Waals surface area contributed by atoms with Crippen molar-refractivity contribution in [3.8, 4) is 11.8 Å². The number of benzene rings is 2. The second-order valence-corrected chi connectivity index (χ2v) is 6.50. The van der Waals surface area contributed by atoms with Gasteiger partial charge in [-0.05, 0) is 44.2 Å². The number of halogens is 3. The van der Waals surface area contributed by atoms with Gasteiger partial charge in [0, 0.05) is 11.3 Å². The molecule has 0 aliphatic heterocycles. The minimum absolute atomic E-state index is 0.328. The summed E-state index contributed by atoms with van der Waals surface area (Å²) in [6, 6.07) is 15.7. The molecular formula is C22H17F3N4O. The van der Waals surface area contributed by atoms with Gasteiger partial charge in [-0.1, -0.05) is 30.3 Å². The summed E-state index contributed by atoms with van der Waals surface area (Å²) in [5.41, 5.74) is 0.896. The minimum Gasteiger partial charge on any atom is -0.321 e. The van der Waals surface area contributed by atoms with Gasteiger partial charge in [0.15, 0.2) is 0 Å². The summed E-state index contributed by atoms with van der Waals surface area (Å²) in [5, 5.41) is 16.1. The van der Waals surface area contributed by atoms with Crippen molar-refractivity contribution in [2.24, 2.45) is 0 Å². The Balaban J connectivity index is 1.95. The summed E-state index contributed by atoms with van der Waals surface area (Å²) < 4.78 is 41.1. The van der Waals surface area contributed by atoms with Gasteiger partial charge in [0.25, 0.3) is 5.91 Å². The Morgan fingerprint density at radius 3 is 2.37 bits per heavy atom. The summed E-state index contributed by atoms with van der Waals surface area (Å²) in [5.74, 6) is -0.930. The molecule has 0 unspecified atom stereocenters. The number of hydrogen-bond donors (Lipinski definition) is 1. The van der Waals surface area contributed by atoms with Gasteiger partial charge in [0.1, 0.15) is 11.6 Å². The number of amides is 1. The standard InChI is InChI=1S/C22H17F3N4O/c1-14-18(15(2)29(28-14)17-8-4-3-5-9-17)12-16(13-26)21(30)27-20-11-7-6-10-19(20)22(23,24)25/h3-12H,1-2H3,(H,27,30)/b16-12+. The van der Waals surface area contributed by atoms with E-state index in [1.54, 1.807) is 24.6 Å². The molecule has 1 N–H and O–H groups in total. The van der Waals surface area contributed by atoms with Gasteiger partial charge < -0.3 is 5.32 Å². The molecule has 0 bridgehead atoms. The van der Waals surface area contributed by atoms with Gasteiger partial charge in [-0.15, -0.1) is 0 Å². The molecule has 0 atom stereocenters. The first kappa shape index (κ1) is 20.9. The van der Waals surface area contributed by atoms with Crippen LogP contribution in [0.2, 0.25) is 0 Å². The zero-order chi connectivity index (χ0) is 21.9. The highest BCUT2D eigenvalue weighted by Gasteiger charge is 2.33. The second kappa shape index (κ2) is 8.25. The highest BCUT2D eigenvalue weighted by atomic mass is 19.4. The van der Waals surface area contributed by atoms with Gasteiger partial charge >= 0.3 is 6.18 Å². The molecule has 0 spiro atoms. The maximum absolute atomic E-state index is 13.2. The average Bonchev–Trinajstić information content (AvgIpc) is 3.00. The molecule has 5 nitrogen and oxygen atoms in total. The van der Waals surface area contributed by atoms with Crippen LogP contribution >= 0.6 is 0 Å². The number of anilines is 1. The predicted molar refractivity (Wildman–Crippen MR) is 107 cm³/mol. The number of rotatable bonds is 4. The van der Waals surface area contributed by atoms with Crippen LogP contribution in [0.15, 0.2) is 60.2 Å². The number of carbonyl (C=O) groups is 1. The third-order valence-corrected chi connectivity index (χ3v) is 4.48. The maximum Gasteiger partial charge on any atom is 0.418 e. The Labute approximate surface area is 171 Å². The fourth-order valence-corrected chi connectivity index (χ4v) is 3.01. The van der Waals surface area contributed by atoms with Crippen LogP contribution in [0, 0.1) is 25.2 Å². The third-order valence-electron chi connectivity index (χ3n) is 4.48. The number of nitrogens with zero attached hydrogens (tertiary/aromatic N) is 3. The van der Waals surface area contributed by atoms with E-state index in [0.717, 1.165) is 17.8 Å². The van der Waals surface area contributed by atoms with Gasteiger partial charge in [-0.3, -0.25) is 4.79 Å². The van der Waals surface area contributed by atoms with Crippen molar-refractivity contribution in [2.45, 2.75) is 20.0 Å². The molecule has 2 aromatic carbocycles. The topological polar surface area (TPSA) is 70.7 Å². The van der Waals surface area contributed by atoms with E-state index in [1.165, 1.54) is 18.2 Å². The van der Waals surface area contributed by atoms with E-state index in [9.17, 15) is 23.2 Å². The summed E-state index contributed by atoms with van der Waals surface area (Å²) in [6.07, 6.45) is -3.30. The fraction of sp³-hybridized carbons (Fsp3) is 0.136. The SMILES string of the molecule is Cc1nn(-c2ccccc2)c(C)c1/C=C(\C#N)C(=O)Nc1ccccc1C(F)(F)F. The van der Waals surface area contributed by atoms with Gasteiger partial charge in [-0.25, -0.2) is 4.68 Å². The first-order chi connectivity index (χ1) is 14.2. The van der Waals surface area contributed by atoms with Crippen LogP contribution in [-0.2, 0) is 11.0 Å². The molecule has 8 heteroatoms. The van der Waals surface area contributed by atoms with E-state index in [1.807, 2.05) is 30.3 Å². The molecule has 0 aliphatic carbocycles. The summed E-state index contributed by atoms with van der Waals surface area (Å²) in [7, 11) is 0. The molecule has 1 amide bonds. The molecule has 152 valence electrons. The normalized spacial score (nSPS) is 11.8. The minimum atomic E-state index is -4.63. The van der Waals surface area contributed by atoms with Gasteiger partial charge in [-0.2, -0.15) is 23.5 Å². The van der Waals surface area contributed by atoms with Crippen molar-refractivity contribution in [3.05, 3.63) is 82.7 Å². The Hall–Kier alpha value is -3.86. The van der Waals surface area contributed by atoms with E-state index in [2.05, 4.69) is 10.4 Å². The van der Waals surface area contributed by atoms with Crippen molar-refractivity contribution in [3.63, 3.8) is 0 Å². The molecule has 0 aliphatic rings. The number of hydrogen-bond acceptors (Lipinski definition) is 3. The molecule has 0 saturated heterocycles. The summed E-state index contributed by atoms with van der Waals surface area (Å²) >= 11 is 0. The lowest BCUT2D eigenvalue weighted by molar-refractivity contribution is -0.137. The maximum atomic E-state index is 13.2. The van der Waals surface area contributed by atoms with Gasteiger partial charge in [0.2, 0.25) is 0 Å². The number of aromatic nitrogens is 2. The van der Waals surface area contributed by atoms with Gasteiger partial charge in [0.05, 0.1) is 22.6 Å². The molecule has 0 radical (unpaired) electrons. The number of nitriles is 1. The van der Waals surface area contributed by atoms with E-state index < -0.39 is 23.3 Å². The third kappa shape index (κ3) is 4.25. The van der Waals surface area contributed by atoms with Crippen molar-refractivity contribution in [2.75, 3.05) is 5.32 Å². The van der Waals surface area contributed by atoms with E-state index in [0.29, 0.717) is 17.0 Å². The molecule has 30 heavy (non-hydrogen) atoms. The number of aryl methyl sites for hydroxylation is 1. The van der Waals surface area contributed by atoms with E-state index in [-0.39, 0.29) is 5.57 Å². The number of nitrogens with one attached hydrogen (secondary N) is 1. The lowest BCUT2D eigenvalue weighted by atomic mass is 10.1. The van der Waals surface area contributed by atoms with E-state index >= 15 is 0 Å². The highest BCUT2D eigenvalue weighted by Crippen LogP contribution is 2.34. The Kier molecular flexibility index (Phi) is 5.74. The van der Waals surface area contributed by atoms with Crippen LogP contribution in [0.4, 0.5) is 18.9 Å². The fourth-order valence-electron chi connectivity index (χ4n) is 3.01. The first-order valence-corrected chi connectivity index (χ1v) is 8.93. The quantitative estimate of drug-likeness (QED) is 0.483. The first-order valence-electron chi connectivity index (χ1n) is 8.93. The number of para-hydroxylation sites is 2. The van der Waals surface area contributed by atoms with E-state index in [4.69, 9.17) is 0 Å². The lowest BCUT2D eigenvalue weighted by Crippen LogP contribution is -2.17. The monoisotopic (exact) mass is 410 g/mol. The molecule has 0 saturated carbocycles. The molecule has 3 rings (SSSR count). The Bertz CT molecular complexity index is 1160. The molecule has 1 aromatic heterocycles. The smallest absolute Gasteiger partial charge is 0.321 e. The van der Waals surface area contributed by atoms with Crippen LogP contribution < -0.4 is 5.32 Å². The van der Waals surface area contributed by atoms with Crippen LogP contribution in [0.1, 0.15) is 22.5 Å². The zero-order valence-corrected chi connectivity index (χ0v) is 16.2. The number of carbonyl (C=O) groups excluding carboxylic acids is 1. The van der Waals surface area contributed by atoms with Crippen LogP contribution in [0.3, 0.4) is 0 Å². The Morgan fingerprint density at radius 1 is 1.10 bits per heavy atom. The van der Waals surface area contributed by atoms with Crippen molar-refractivity contribution >= 4 is 17.7 Å². The molecule has 3 aromatic rings. The lowest BCUT2D eigenvalue weighted by Gasteiger charge is -2.13. The summed E-state index contributed by atoms with van der Waals surface area (Å²) in [6.45, 7) is 3.51. The highest BCUT2D eigenvalue weighted by molar-refractivity contribution is 6.10. The van der Waals surface area contributed by atoms with Crippen molar-refractivity contribution in [1.82, 2.24) is 9.78 Å². The molecule has 1 heterocycles. The largest absolute Gasteiger partial charge is 0.418 e. The molecule has 0 fully saturated rings. The average molecular weight is 410 g/mol. The van der Waals surface area contributed by atoms with Crippen LogP contribution in [0.5, 0.6) is 0 Å². The Morgan fingerprint density at radius 2 is 1.73 bits per heavy atom. The van der Waals surface area contributed by atoms with Crippen LogP contribution in [-0.4, -0.2) is 15.7 Å². The second-order valence-electron chi connectivity index (χ2n) is 6.50. The number of alkyl halides is 3. The molecular weight excluding hydrogens is 393 g/mol.